The van der Waals surface area contributed by atoms with Crippen molar-refractivity contribution in [2.75, 3.05) is 9.80 Å². The van der Waals surface area contributed by atoms with Gasteiger partial charge >= 0.3 is 0 Å². The number of anilines is 6. The lowest BCUT2D eigenvalue weighted by molar-refractivity contribution is 0.471. The van der Waals surface area contributed by atoms with Gasteiger partial charge in [0.25, 0.3) is 0 Å². The molecule has 0 spiro atoms. The highest BCUT2D eigenvalue weighted by molar-refractivity contribution is 5.96. The lowest BCUT2D eigenvalue weighted by Gasteiger charge is -2.45. The summed E-state index contributed by atoms with van der Waals surface area (Å²) in [7, 11) is 0. The van der Waals surface area contributed by atoms with E-state index in [1.165, 1.54) is 72.6 Å². The minimum absolute atomic E-state index is 0.218. The van der Waals surface area contributed by atoms with E-state index in [-0.39, 0.29) is 10.8 Å². The average molecular weight is 825 g/mol. The highest BCUT2D eigenvalue weighted by atomic mass is 16.5. The van der Waals surface area contributed by atoms with Crippen molar-refractivity contribution in [1.29, 1.82) is 0 Å². The third kappa shape index (κ3) is 5.29. The van der Waals surface area contributed by atoms with Crippen LogP contribution in [0, 0.1) is 0 Å². The van der Waals surface area contributed by atoms with Crippen molar-refractivity contribution in [2.45, 2.75) is 38.5 Å². The Hall–Kier alpha value is -7.82. The third-order valence-electron chi connectivity index (χ3n) is 14.2. The predicted octanol–water partition coefficient (Wildman–Crippen LogP) is 16.8. The predicted molar refractivity (Wildman–Crippen MR) is 262 cm³/mol. The quantitative estimate of drug-likeness (QED) is 0.176. The maximum atomic E-state index is 6.55. The summed E-state index contributed by atoms with van der Waals surface area (Å²) in [5.74, 6) is 3.51. The molecule has 0 aliphatic carbocycles. The van der Waals surface area contributed by atoms with E-state index in [0.717, 1.165) is 51.3 Å². The van der Waals surface area contributed by atoms with Crippen LogP contribution >= 0.6 is 0 Å². The molecular weight excluding hydrogens is 781 g/mol. The van der Waals surface area contributed by atoms with Crippen LogP contribution in [0.2, 0.25) is 0 Å². The van der Waals surface area contributed by atoms with Gasteiger partial charge in [-0.05, 0) is 140 Å². The van der Waals surface area contributed by atoms with E-state index in [1.54, 1.807) is 0 Å². The molecule has 4 heteroatoms. The monoisotopic (exact) mass is 824 g/mol. The molecule has 4 heterocycles. The number of nitrogens with zero attached hydrogens (tertiary/aromatic N) is 2. The Kier molecular flexibility index (Phi) is 7.67. The van der Waals surface area contributed by atoms with Gasteiger partial charge in [0.15, 0.2) is 23.0 Å². The summed E-state index contributed by atoms with van der Waals surface area (Å²) >= 11 is 0. The van der Waals surface area contributed by atoms with E-state index in [1.807, 2.05) is 12.1 Å². The highest BCUT2D eigenvalue weighted by Crippen LogP contribution is 2.62. The zero-order valence-electron chi connectivity index (χ0n) is 36.2. The van der Waals surface area contributed by atoms with Crippen molar-refractivity contribution < 1.29 is 9.47 Å². The van der Waals surface area contributed by atoms with E-state index < -0.39 is 0 Å². The minimum atomic E-state index is -0.230. The molecule has 0 saturated heterocycles. The molecule has 4 aliphatic rings. The van der Waals surface area contributed by atoms with Gasteiger partial charge < -0.3 is 19.3 Å². The molecule has 0 amide bonds. The molecular formula is C60H44N2O2. The summed E-state index contributed by atoms with van der Waals surface area (Å²) in [6.45, 7) is 9.33. The third-order valence-corrected chi connectivity index (χ3v) is 14.2. The molecule has 0 fully saturated rings. The van der Waals surface area contributed by atoms with Gasteiger partial charge in [0.1, 0.15) is 0 Å². The van der Waals surface area contributed by atoms with E-state index in [9.17, 15) is 0 Å². The van der Waals surface area contributed by atoms with Gasteiger partial charge in [0, 0.05) is 10.8 Å². The first-order valence-electron chi connectivity index (χ1n) is 22.2. The van der Waals surface area contributed by atoms with Crippen LogP contribution in [0.3, 0.4) is 0 Å². The Balaban J connectivity index is 0.950. The largest absolute Gasteiger partial charge is 0.453 e. The number of para-hydroxylation sites is 6. The zero-order chi connectivity index (χ0) is 42.9. The van der Waals surface area contributed by atoms with Crippen molar-refractivity contribution in [3.05, 3.63) is 216 Å². The Bertz CT molecular complexity index is 3420. The molecule has 13 rings (SSSR count). The molecule has 4 aliphatic heterocycles. The van der Waals surface area contributed by atoms with Crippen molar-refractivity contribution in [2.24, 2.45) is 0 Å². The molecule has 0 unspecified atom stereocenters. The highest BCUT2D eigenvalue weighted by Gasteiger charge is 2.43. The van der Waals surface area contributed by atoms with Gasteiger partial charge in [-0.1, -0.05) is 149 Å². The molecule has 0 bridgehead atoms. The van der Waals surface area contributed by atoms with Crippen LogP contribution in [-0.4, -0.2) is 0 Å². The van der Waals surface area contributed by atoms with Crippen LogP contribution in [-0.2, 0) is 10.8 Å². The average Bonchev–Trinajstić information content (AvgIpc) is 3.33. The summed E-state index contributed by atoms with van der Waals surface area (Å²) in [6, 6.07) is 70.6. The van der Waals surface area contributed by atoms with Gasteiger partial charge in [-0.25, -0.2) is 0 Å². The molecule has 0 aromatic heterocycles. The second kappa shape index (κ2) is 13.3. The standard InChI is InChI=1S/C60H44N2O2/c1-59(2)45-29-27-40(35-51(45)61-49-21-8-10-23-53(49)63-55-25-13-19-47(59)57(55)61)38-17-12-18-39(31-38)43-32-42(37-15-6-5-7-16-37)33-44(34-43)41-28-30-46-52(36-41)62-50-22-9-11-24-54(50)64-56-26-14-20-48(58(56)62)60(46,3)4/h5-36H,1-4H3. The Morgan fingerprint density at radius 1 is 0.281 bits per heavy atom. The minimum Gasteiger partial charge on any atom is -0.453 e. The van der Waals surface area contributed by atoms with E-state index in [2.05, 4.69) is 219 Å². The summed E-state index contributed by atoms with van der Waals surface area (Å²) in [5.41, 5.74) is 20.8. The van der Waals surface area contributed by atoms with Crippen LogP contribution in [0.25, 0.3) is 44.5 Å². The molecule has 4 nitrogen and oxygen atoms in total. The fraction of sp³-hybridized carbons (Fsp3) is 0.100. The molecule has 0 radical (unpaired) electrons. The number of benzene rings is 9. The lowest BCUT2D eigenvalue weighted by atomic mass is 9.72. The SMILES string of the molecule is CC1(C)c2ccc(-c3cccc(-c4cc(-c5ccccc5)cc(-c5ccc6c(c5)N5c7ccccc7Oc7cccc(c75)C6(C)C)c4)c3)cc2N2c3ccccc3Oc3cccc1c32. The van der Waals surface area contributed by atoms with Crippen LogP contribution in [0.1, 0.15) is 49.9 Å². The van der Waals surface area contributed by atoms with Crippen LogP contribution < -0.4 is 19.3 Å². The van der Waals surface area contributed by atoms with Crippen molar-refractivity contribution in [3.63, 3.8) is 0 Å². The van der Waals surface area contributed by atoms with Gasteiger partial charge in [-0.2, -0.15) is 0 Å². The topological polar surface area (TPSA) is 24.9 Å². The zero-order valence-corrected chi connectivity index (χ0v) is 36.2. The van der Waals surface area contributed by atoms with Gasteiger partial charge in [0.05, 0.1) is 34.1 Å². The van der Waals surface area contributed by atoms with E-state index >= 15 is 0 Å². The summed E-state index contributed by atoms with van der Waals surface area (Å²) in [5, 5.41) is 0. The van der Waals surface area contributed by atoms with E-state index in [0.29, 0.717) is 0 Å². The molecule has 64 heavy (non-hydrogen) atoms. The number of rotatable bonds is 4. The summed E-state index contributed by atoms with van der Waals surface area (Å²) < 4.78 is 13.1. The first kappa shape index (κ1) is 36.8. The van der Waals surface area contributed by atoms with Gasteiger partial charge in [0.2, 0.25) is 0 Å². The van der Waals surface area contributed by atoms with Crippen molar-refractivity contribution >= 4 is 34.1 Å². The molecule has 0 saturated carbocycles. The smallest absolute Gasteiger partial charge is 0.151 e. The van der Waals surface area contributed by atoms with Crippen LogP contribution in [0.15, 0.2) is 194 Å². The fourth-order valence-corrected chi connectivity index (χ4v) is 10.9. The number of fused-ring (bicyclic) bond motifs is 8. The normalized spacial score (nSPS) is 15.0. The second-order valence-electron chi connectivity index (χ2n) is 18.6. The number of hydrogen-bond donors (Lipinski definition) is 0. The lowest BCUT2D eigenvalue weighted by Crippen LogP contribution is -2.32. The number of hydrogen-bond acceptors (Lipinski definition) is 4. The van der Waals surface area contributed by atoms with Crippen molar-refractivity contribution in [3.8, 4) is 67.5 Å². The van der Waals surface area contributed by atoms with Crippen molar-refractivity contribution in [1.82, 2.24) is 0 Å². The summed E-state index contributed by atoms with van der Waals surface area (Å²) in [6.07, 6.45) is 0. The Morgan fingerprint density at radius 2 is 0.656 bits per heavy atom. The molecule has 0 atom stereocenters. The Morgan fingerprint density at radius 3 is 1.19 bits per heavy atom. The molecule has 9 aromatic rings. The van der Waals surface area contributed by atoms with Gasteiger partial charge in [-0.15, -0.1) is 0 Å². The molecule has 306 valence electrons. The maximum Gasteiger partial charge on any atom is 0.151 e. The van der Waals surface area contributed by atoms with E-state index in [4.69, 9.17) is 9.47 Å². The fourth-order valence-electron chi connectivity index (χ4n) is 10.9. The number of ether oxygens (including phenoxy) is 2. The van der Waals surface area contributed by atoms with Crippen LogP contribution in [0.4, 0.5) is 34.1 Å². The first-order chi connectivity index (χ1) is 31.2. The molecule has 0 N–H and O–H groups in total. The Labute approximate surface area is 374 Å². The molecule has 9 aromatic carbocycles. The second-order valence-corrected chi connectivity index (χ2v) is 18.6. The first-order valence-corrected chi connectivity index (χ1v) is 22.2. The van der Waals surface area contributed by atoms with Gasteiger partial charge in [-0.3, -0.25) is 0 Å². The van der Waals surface area contributed by atoms with Crippen LogP contribution in [0.5, 0.6) is 23.0 Å². The summed E-state index contributed by atoms with van der Waals surface area (Å²) in [4.78, 5) is 4.84. The maximum absolute atomic E-state index is 6.55.